The Hall–Kier alpha value is -2.40. The van der Waals surface area contributed by atoms with Gasteiger partial charge in [0.1, 0.15) is 5.69 Å². The van der Waals surface area contributed by atoms with Crippen LogP contribution in [0.4, 0.5) is 0 Å². The highest BCUT2D eigenvalue weighted by atomic mass is 32.1. The van der Waals surface area contributed by atoms with Gasteiger partial charge in [-0.15, -0.1) is 16.4 Å². The van der Waals surface area contributed by atoms with Crippen LogP contribution in [0.1, 0.15) is 6.42 Å². The van der Waals surface area contributed by atoms with Crippen LogP contribution in [0.3, 0.4) is 0 Å². The molecule has 5 heteroatoms. The van der Waals surface area contributed by atoms with Crippen molar-refractivity contribution in [2.24, 2.45) is 0 Å². The second-order valence-corrected chi connectivity index (χ2v) is 6.02. The van der Waals surface area contributed by atoms with Crippen LogP contribution in [0.15, 0.2) is 48.7 Å². The molecule has 0 atom stereocenters. The van der Waals surface area contributed by atoms with Crippen LogP contribution in [0, 0.1) is 6.92 Å². The maximum Gasteiger partial charge on any atom is 0.231 e. The van der Waals surface area contributed by atoms with E-state index in [2.05, 4.69) is 47.3 Å². The van der Waals surface area contributed by atoms with Gasteiger partial charge in [-0.25, -0.2) is 9.50 Å². The minimum atomic E-state index is 0.561. The van der Waals surface area contributed by atoms with E-state index in [9.17, 15) is 0 Å². The lowest BCUT2D eigenvalue weighted by Gasteiger charge is -2.04. The molecule has 0 unspecified atom stereocenters. The molecular weight excluding hydrogens is 294 g/mol. The van der Waals surface area contributed by atoms with Crippen LogP contribution >= 0.6 is 11.3 Å². The molecule has 4 rings (SSSR count). The molecule has 0 fully saturated rings. The van der Waals surface area contributed by atoms with Crippen molar-refractivity contribution in [1.29, 1.82) is 0 Å². The van der Waals surface area contributed by atoms with Gasteiger partial charge in [-0.2, -0.15) is 0 Å². The van der Waals surface area contributed by atoms with Gasteiger partial charge in [-0.3, -0.25) is 0 Å². The molecule has 1 radical (unpaired) electrons. The Morgan fingerprint density at radius 1 is 1.18 bits per heavy atom. The molecule has 4 nitrogen and oxygen atoms in total. The zero-order valence-corrected chi connectivity index (χ0v) is 12.7. The summed E-state index contributed by atoms with van der Waals surface area (Å²) in [5, 5.41) is 5.77. The Labute approximate surface area is 132 Å². The molecule has 1 aromatic carbocycles. The number of fused-ring (bicyclic) bond motifs is 2. The zero-order chi connectivity index (χ0) is 14.9. The van der Waals surface area contributed by atoms with Gasteiger partial charge in [-0.05, 0) is 36.9 Å². The Balaban J connectivity index is 1.83. The number of rotatable bonds is 4. The lowest BCUT2D eigenvalue weighted by molar-refractivity contribution is 0.307. The van der Waals surface area contributed by atoms with Gasteiger partial charge in [-0.1, -0.05) is 18.2 Å². The first-order chi connectivity index (χ1) is 10.8. The average molecular weight is 308 g/mol. The number of imidazole rings is 1. The van der Waals surface area contributed by atoms with Crippen molar-refractivity contribution in [3.63, 3.8) is 0 Å². The summed E-state index contributed by atoms with van der Waals surface area (Å²) in [6.45, 7) is 4.33. The first kappa shape index (κ1) is 13.3. The molecule has 0 aliphatic rings. The standard InChI is InChI=1S/C17H14N3OS/c1-2-9-21-17-8-7-16-18-11-13(20(16)19-17)15-10-12-5-3-4-6-14(12)22-15/h3-8,10-11H,1-2,9H2. The maximum atomic E-state index is 5.56. The Morgan fingerprint density at radius 3 is 2.95 bits per heavy atom. The number of benzene rings is 1. The molecule has 0 bridgehead atoms. The molecule has 0 aliphatic heterocycles. The van der Waals surface area contributed by atoms with E-state index in [1.54, 1.807) is 11.3 Å². The molecule has 3 heterocycles. The lowest BCUT2D eigenvalue weighted by atomic mass is 10.2. The summed E-state index contributed by atoms with van der Waals surface area (Å²) in [6, 6.07) is 14.3. The van der Waals surface area contributed by atoms with Crippen LogP contribution in [0.25, 0.3) is 26.3 Å². The predicted molar refractivity (Wildman–Crippen MR) is 89.3 cm³/mol. The molecule has 0 aliphatic carbocycles. The van der Waals surface area contributed by atoms with Crippen molar-refractivity contribution in [2.45, 2.75) is 6.42 Å². The summed E-state index contributed by atoms with van der Waals surface area (Å²) in [7, 11) is 0. The van der Waals surface area contributed by atoms with Crippen molar-refractivity contribution in [2.75, 3.05) is 6.61 Å². The largest absolute Gasteiger partial charge is 0.477 e. The SMILES string of the molecule is [CH2]CCOc1ccc2ncc(-c3cc4ccccc4s3)n2n1. The van der Waals surface area contributed by atoms with Gasteiger partial charge in [0, 0.05) is 10.8 Å². The quantitative estimate of drug-likeness (QED) is 0.567. The number of nitrogens with zero attached hydrogens (tertiary/aromatic N) is 3. The van der Waals surface area contributed by atoms with Gasteiger partial charge in [0.2, 0.25) is 5.88 Å². The van der Waals surface area contributed by atoms with Gasteiger partial charge >= 0.3 is 0 Å². The number of aromatic nitrogens is 3. The average Bonchev–Trinajstić information content (AvgIpc) is 3.15. The first-order valence-electron chi connectivity index (χ1n) is 7.11. The molecule has 3 aromatic heterocycles. The Kier molecular flexibility index (Phi) is 3.27. The Morgan fingerprint density at radius 2 is 2.09 bits per heavy atom. The van der Waals surface area contributed by atoms with Crippen molar-refractivity contribution in [3.05, 3.63) is 55.6 Å². The molecule has 0 N–H and O–H groups in total. The highest BCUT2D eigenvalue weighted by molar-refractivity contribution is 7.22. The van der Waals surface area contributed by atoms with Gasteiger partial charge in [0.05, 0.1) is 17.7 Å². The molecule has 0 saturated carbocycles. The summed E-state index contributed by atoms with van der Waals surface area (Å²) in [6.07, 6.45) is 2.57. The van der Waals surface area contributed by atoms with Crippen molar-refractivity contribution >= 4 is 27.1 Å². The van der Waals surface area contributed by atoms with E-state index in [0.29, 0.717) is 18.9 Å². The van der Waals surface area contributed by atoms with Crippen molar-refractivity contribution in [3.8, 4) is 16.5 Å². The topological polar surface area (TPSA) is 39.4 Å². The monoisotopic (exact) mass is 308 g/mol. The molecular formula is C17H14N3OS. The summed E-state index contributed by atoms with van der Waals surface area (Å²) >= 11 is 1.74. The summed E-state index contributed by atoms with van der Waals surface area (Å²) in [5.74, 6) is 0.594. The van der Waals surface area contributed by atoms with Crippen LogP contribution in [-0.4, -0.2) is 21.2 Å². The number of ether oxygens (including phenoxy) is 1. The molecule has 0 saturated heterocycles. The molecule has 0 amide bonds. The molecule has 4 aromatic rings. The number of thiophene rings is 1. The van der Waals surface area contributed by atoms with Gasteiger partial charge in [0.15, 0.2) is 5.65 Å². The van der Waals surface area contributed by atoms with E-state index in [1.807, 2.05) is 22.8 Å². The second kappa shape index (κ2) is 5.42. The minimum absolute atomic E-state index is 0.561. The van der Waals surface area contributed by atoms with Crippen LogP contribution in [-0.2, 0) is 0 Å². The first-order valence-corrected chi connectivity index (χ1v) is 7.92. The predicted octanol–water partition coefficient (Wildman–Crippen LogP) is 4.21. The van der Waals surface area contributed by atoms with Crippen LogP contribution in [0.2, 0.25) is 0 Å². The van der Waals surface area contributed by atoms with E-state index in [1.165, 1.54) is 10.1 Å². The fourth-order valence-electron chi connectivity index (χ4n) is 2.39. The lowest BCUT2D eigenvalue weighted by Crippen LogP contribution is -2.01. The minimum Gasteiger partial charge on any atom is -0.477 e. The van der Waals surface area contributed by atoms with E-state index >= 15 is 0 Å². The van der Waals surface area contributed by atoms with Gasteiger partial charge < -0.3 is 4.74 Å². The van der Waals surface area contributed by atoms with E-state index in [4.69, 9.17) is 4.74 Å². The third kappa shape index (κ3) is 2.23. The number of hydrogen-bond acceptors (Lipinski definition) is 4. The third-order valence-electron chi connectivity index (χ3n) is 3.41. The van der Waals surface area contributed by atoms with Crippen molar-refractivity contribution in [1.82, 2.24) is 14.6 Å². The highest BCUT2D eigenvalue weighted by Gasteiger charge is 2.11. The van der Waals surface area contributed by atoms with Crippen LogP contribution < -0.4 is 4.74 Å². The van der Waals surface area contributed by atoms with Gasteiger partial charge in [0.25, 0.3) is 0 Å². The molecule has 109 valence electrons. The zero-order valence-electron chi connectivity index (χ0n) is 11.9. The molecule has 22 heavy (non-hydrogen) atoms. The fourth-order valence-corrected chi connectivity index (χ4v) is 3.44. The summed E-state index contributed by atoms with van der Waals surface area (Å²) < 4.78 is 8.66. The maximum absolute atomic E-state index is 5.56. The highest BCUT2D eigenvalue weighted by Crippen LogP contribution is 2.33. The normalized spacial score (nSPS) is 11.3. The van der Waals surface area contributed by atoms with Crippen LogP contribution in [0.5, 0.6) is 5.88 Å². The second-order valence-electron chi connectivity index (χ2n) is 4.94. The Bertz CT molecular complexity index is 908. The third-order valence-corrected chi connectivity index (χ3v) is 4.55. The smallest absolute Gasteiger partial charge is 0.231 e. The molecule has 0 spiro atoms. The summed E-state index contributed by atoms with van der Waals surface area (Å²) in [5.41, 5.74) is 1.80. The number of hydrogen-bond donors (Lipinski definition) is 0. The van der Waals surface area contributed by atoms with E-state index < -0.39 is 0 Å². The van der Waals surface area contributed by atoms with E-state index in [-0.39, 0.29) is 0 Å². The summed E-state index contributed by atoms with van der Waals surface area (Å²) in [4.78, 5) is 5.57. The van der Waals surface area contributed by atoms with E-state index in [0.717, 1.165) is 16.2 Å². The van der Waals surface area contributed by atoms with Crippen molar-refractivity contribution < 1.29 is 4.74 Å². The fraction of sp³-hybridized carbons (Fsp3) is 0.118.